The lowest BCUT2D eigenvalue weighted by atomic mass is 9.87. The van der Waals surface area contributed by atoms with Gasteiger partial charge in [-0.05, 0) is 23.8 Å². The van der Waals surface area contributed by atoms with Gasteiger partial charge in [0.05, 0.1) is 12.5 Å². The van der Waals surface area contributed by atoms with Gasteiger partial charge in [0.1, 0.15) is 18.2 Å². The summed E-state index contributed by atoms with van der Waals surface area (Å²) in [5.74, 6) is -2.55. The van der Waals surface area contributed by atoms with E-state index in [9.17, 15) is 18.4 Å². The topological polar surface area (TPSA) is 75.6 Å². The van der Waals surface area contributed by atoms with Crippen molar-refractivity contribution in [2.75, 3.05) is 31.1 Å². The highest BCUT2D eigenvalue weighted by atomic mass is 19.1. The number of hydrogen-bond donors (Lipinski definition) is 0. The van der Waals surface area contributed by atoms with Gasteiger partial charge in [-0.3, -0.25) is 4.79 Å². The van der Waals surface area contributed by atoms with Crippen LogP contribution in [0.3, 0.4) is 0 Å². The zero-order valence-corrected chi connectivity index (χ0v) is 14.2. The summed E-state index contributed by atoms with van der Waals surface area (Å²) in [6.45, 7) is 0.835. The van der Waals surface area contributed by atoms with Crippen LogP contribution in [0.5, 0.6) is 0 Å². The number of cyclic esters (lactones) is 1. The van der Waals surface area contributed by atoms with Gasteiger partial charge in [-0.2, -0.15) is 5.10 Å². The minimum atomic E-state index is -0.720. The molecule has 2 aromatic rings. The van der Waals surface area contributed by atoms with Gasteiger partial charge in [0.2, 0.25) is 5.91 Å². The zero-order valence-electron chi connectivity index (χ0n) is 14.2. The number of carbonyl (C=O) groups is 2. The van der Waals surface area contributed by atoms with E-state index in [-0.39, 0.29) is 25.3 Å². The average Bonchev–Trinajstić information content (AvgIpc) is 3.28. The molecule has 27 heavy (non-hydrogen) atoms. The van der Waals surface area contributed by atoms with Gasteiger partial charge in [-0.1, -0.05) is 6.07 Å². The highest BCUT2D eigenvalue weighted by Crippen LogP contribution is 2.37. The molecule has 2 aliphatic rings. The fourth-order valence-electron chi connectivity index (χ4n) is 3.61. The lowest BCUT2D eigenvalue weighted by Crippen LogP contribution is -2.39. The quantitative estimate of drug-likeness (QED) is 0.818. The summed E-state index contributed by atoms with van der Waals surface area (Å²) in [6.07, 6.45) is 0.829. The van der Waals surface area contributed by atoms with Crippen LogP contribution in [-0.2, 0) is 9.53 Å². The molecular formula is C18H16F2N4O3. The molecule has 140 valence electrons. The van der Waals surface area contributed by atoms with Gasteiger partial charge < -0.3 is 9.64 Å². The van der Waals surface area contributed by atoms with Gasteiger partial charge in [0.25, 0.3) is 0 Å². The molecule has 2 fully saturated rings. The molecule has 1 aromatic carbocycles. The van der Waals surface area contributed by atoms with E-state index in [1.54, 1.807) is 12.1 Å². The zero-order chi connectivity index (χ0) is 19.0. The van der Waals surface area contributed by atoms with Gasteiger partial charge in [0, 0.05) is 31.3 Å². The molecule has 2 atom stereocenters. The van der Waals surface area contributed by atoms with Crippen LogP contribution in [0.1, 0.15) is 11.5 Å². The second kappa shape index (κ2) is 6.90. The molecule has 0 spiro atoms. The molecule has 0 N–H and O–H groups in total. The van der Waals surface area contributed by atoms with Crippen molar-refractivity contribution in [2.24, 2.45) is 5.92 Å². The van der Waals surface area contributed by atoms with Crippen LogP contribution in [0.15, 0.2) is 36.5 Å². The number of rotatable bonds is 3. The van der Waals surface area contributed by atoms with E-state index < -0.39 is 35.5 Å². The number of hydrogen-bond acceptors (Lipinski definition) is 6. The Morgan fingerprint density at radius 2 is 2.07 bits per heavy atom. The highest BCUT2D eigenvalue weighted by Gasteiger charge is 2.44. The van der Waals surface area contributed by atoms with Crippen molar-refractivity contribution >= 4 is 17.8 Å². The molecule has 2 amide bonds. The third-order valence-corrected chi connectivity index (χ3v) is 4.91. The number of amides is 2. The van der Waals surface area contributed by atoms with E-state index in [4.69, 9.17) is 4.74 Å². The third-order valence-electron chi connectivity index (χ3n) is 4.91. The van der Waals surface area contributed by atoms with Crippen molar-refractivity contribution < 1.29 is 23.1 Å². The number of nitrogens with zero attached hydrogens (tertiary/aromatic N) is 4. The first kappa shape index (κ1) is 17.3. The maximum absolute atomic E-state index is 14.4. The van der Waals surface area contributed by atoms with E-state index in [2.05, 4.69) is 10.2 Å². The molecule has 3 heterocycles. The first-order chi connectivity index (χ1) is 13.0. The maximum atomic E-state index is 14.4. The van der Waals surface area contributed by atoms with Crippen LogP contribution in [-0.4, -0.2) is 53.3 Å². The van der Waals surface area contributed by atoms with E-state index in [1.165, 1.54) is 12.3 Å². The van der Waals surface area contributed by atoms with Crippen molar-refractivity contribution in [3.05, 3.63) is 53.7 Å². The Balaban J connectivity index is 1.68. The Hall–Kier alpha value is -3.10. The summed E-state index contributed by atoms with van der Waals surface area (Å²) in [6, 6.07) is 6.75. The number of anilines is 1. The monoisotopic (exact) mass is 374 g/mol. The van der Waals surface area contributed by atoms with Gasteiger partial charge in [-0.25, -0.2) is 18.5 Å². The van der Waals surface area contributed by atoms with E-state index in [0.717, 1.165) is 17.0 Å². The van der Waals surface area contributed by atoms with Crippen LogP contribution in [0, 0.1) is 17.6 Å². The third kappa shape index (κ3) is 3.20. The highest BCUT2D eigenvalue weighted by molar-refractivity contribution is 5.95. The molecule has 0 unspecified atom stereocenters. The Morgan fingerprint density at radius 1 is 1.22 bits per heavy atom. The van der Waals surface area contributed by atoms with Crippen molar-refractivity contribution in [1.29, 1.82) is 0 Å². The Bertz CT molecular complexity index is 880. The summed E-state index contributed by atoms with van der Waals surface area (Å²) < 4.78 is 32.6. The van der Waals surface area contributed by atoms with Crippen molar-refractivity contribution in [1.82, 2.24) is 15.1 Å². The fourth-order valence-corrected chi connectivity index (χ4v) is 3.61. The molecule has 0 radical (unpaired) electrons. The van der Waals surface area contributed by atoms with Crippen LogP contribution in [0.4, 0.5) is 19.4 Å². The minimum absolute atomic E-state index is 0.140. The lowest BCUT2D eigenvalue weighted by molar-refractivity contribution is -0.131. The fraction of sp³-hybridized carbons (Fsp3) is 0.333. The second-order valence-electron chi connectivity index (χ2n) is 6.47. The number of aromatic nitrogens is 2. The van der Waals surface area contributed by atoms with Gasteiger partial charge in [0.15, 0.2) is 5.82 Å². The molecule has 1 aromatic heterocycles. The normalized spacial score (nSPS) is 22.2. The maximum Gasteiger partial charge on any atom is 0.416 e. The van der Waals surface area contributed by atoms with Crippen LogP contribution >= 0.6 is 0 Å². The molecule has 0 aliphatic carbocycles. The Morgan fingerprint density at radius 3 is 2.74 bits per heavy atom. The predicted octanol–water partition coefficient (Wildman–Crippen LogP) is 1.95. The standard InChI is InChI=1S/C18H16F2N4O3/c19-11-3-4-12(15(20)8-11)13-9-23(16-2-1-5-21-22-16)10-14(13)17(25)24-6-7-27-18(24)26/h1-5,8,13-14H,6-7,9-10H2/t13-,14+/m1/s1. The van der Waals surface area contributed by atoms with Crippen LogP contribution in [0.25, 0.3) is 0 Å². The largest absolute Gasteiger partial charge is 0.447 e. The van der Waals surface area contributed by atoms with E-state index in [1.807, 2.05) is 4.90 Å². The first-order valence-electron chi connectivity index (χ1n) is 8.50. The summed E-state index contributed by atoms with van der Waals surface area (Å²) in [5, 5.41) is 7.87. The molecule has 2 aliphatic heterocycles. The molecule has 4 rings (SSSR count). The SMILES string of the molecule is O=C1OCCN1C(=O)[C@H]1CN(c2cccnn2)C[C@@H]1c1ccc(F)cc1F. The Kier molecular flexibility index (Phi) is 4.43. The average molecular weight is 374 g/mol. The Labute approximate surface area is 153 Å². The first-order valence-corrected chi connectivity index (χ1v) is 8.50. The van der Waals surface area contributed by atoms with Gasteiger partial charge in [-0.15, -0.1) is 5.10 Å². The van der Waals surface area contributed by atoms with E-state index >= 15 is 0 Å². The van der Waals surface area contributed by atoms with Crippen molar-refractivity contribution in [3.8, 4) is 0 Å². The number of benzene rings is 1. The smallest absolute Gasteiger partial charge is 0.416 e. The summed E-state index contributed by atoms with van der Waals surface area (Å²) in [4.78, 5) is 27.6. The second-order valence-corrected chi connectivity index (χ2v) is 6.47. The molecule has 0 bridgehead atoms. The van der Waals surface area contributed by atoms with Crippen molar-refractivity contribution in [3.63, 3.8) is 0 Å². The van der Waals surface area contributed by atoms with Gasteiger partial charge >= 0.3 is 6.09 Å². The number of halogens is 2. The van der Waals surface area contributed by atoms with Crippen molar-refractivity contribution in [2.45, 2.75) is 5.92 Å². The molecule has 2 saturated heterocycles. The number of carbonyl (C=O) groups excluding carboxylic acids is 2. The molecule has 9 heteroatoms. The van der Waals surface area contributed by atoms with Crippen LogP contribution in [0.2, 0.25) is 0 Å². The summed E-state index contributed by atoms with van der Waals surface area (Å²) in [7, 11) is 0. The molecule has 7 nitrogen and oxygen atoms in total. The summed E-state index contributed by atoms with van der Waals surface area (Å²) in [5.41, 5.74) is 0.230. The number of imide groups is 1. The lowest BCUT2D eigenvalue weighted by Gasteiger charge is -2.21. The number of ether oxygens (including phenoxy) is 1. The van der Waals surface area contributed by atoms with Crippen LogP contribution < -0.4 is 4.90 Å². The summed E-state index contributed by atoms with van der Waals surface area (Å²) >= 11 is 0. The van der Waals surface area contributed by atoms with E-state index in [0.29, 0.717) is 12.4 Å². The molecule has 0 saturated carbocycles. The molecular weight excluding hydrogens is 358 g/mol. The predicted molar refractivity (Wildman–Crippen MR) is 89.9 cm³/mol. The minimum Gasteiger partial charge on any atom is -0.447 e.